The molecule has 76 valence electrons. The molecule has 0 N–H and O–H groups in total. The van der Waals surface area contributed by atoms with Gasteiger partial charge < -0.3 is 0 Å². The van der Waals surface area contributed by atoms with Crippen LogP contribution in [0.3, 0.4) is 0 Å². The predicted octanol–water partition coefficient (Wildman–Crippen LogP) is 3.85. The molecule has 0 saturated heterocycles. The van der Waals surface area contributed by atoms with E-state index in [4.69, 9.17) is 0 Å². The number of hydrogen-bond acceptors (Lipinski definition) is 1. The van der Waals surface area contributed by atoms with E-state index in [1.165, 1.54) is 36.9 Å². The minimum atomic E-state index is 1.10. The summed E-state index contributed by atoms with van der Waals surface area (Å²) < 4.78 is 0. The summed E-state index contributed by atoms with van der Waals surface area (Å²) in [5.74, 6) is 0. The highest BCUT2D eigenvalue weighted by molar-refractivity contribution is 5.46. The molecule has 0 amide bonds. The van der Waals surface area contributed by atoms with Gasteiger partial charge in [-0.2, -0.15) is 0 Å². The van der Waals surface area contributed by atoms with E-state index in [-0.39, 0.29) is 0 Å². The highest BCUT2D eigenvalue weighted by Crippen LogP contribution is 2.08. The van der Waals surface area contributed by atoms with Crippen molar-refractivity contribution in [2.24, 2.45) is 0 Å². The van der Waals surface area contributed by atoms with Crippen molar-refractivity contribution >= 4 is 6.08 Å². The summed E-state index contributed by atoms with van der Waals surface area (Å²) in [4.78, 5) is 4.34. The maximum atomic E-state index is 4.34. The van der Waals surface area contributed by atoms with Crippen LogP contribution in [0.25, 0.3) is 6.08 Å². The minimum absolute atomic E-state index is 1.10. The number of pyridine rings is 1. The molecule has 0 aromatic carbocycles. The summed E-state index contributed by atoms with van der Waals surface area (Å²) in [6.45, 7) is 5.99. The molecule has 1 heterocycles. The summed E-state index contributed by atoms with van der Waals surface area (Å²) in [7, 11) is 0. The predicted molar refractivity (Wildman–Crippen MR) is 62.2 cm³/mol. The summed E-state index contributed by atoms with van der Waals surface area (Å²) in [6.07, 6.45) is 10.0. The third kappa shape index (κ3) is 3.73. The molecule has 0 radical (unpaired) electrons. The number of hydrogen-bond donors (Lipinski definition) is 0. The standard InChI is InChI=1S/C13H19N/c1-3-5-6-7-8-13-11-12(4-2)9-10-14-13/h4,9-11H,2-3,5-8H2,1H3. The molecule has 1 aromatic heterocycles. The Balaban J connectivity index is 2.38. The topological polar surface area (TPSA) is 12.9 Å². The molecule has 0 aliphatic carbocycles. The number of unbranched alkanes of at least 4 members (excludes halogenated alkanes) is 3. The van der Waals surface area contributed by atoms with Gasteiger partial charge in [0, 0.05) is 11.9 Å². The van der Waals surface area contributed by atoms with E-state index in [1.807, 2.05) is 18.3 Å². The first-order chi connectivity index (χ1) is 6.86. The van der Waals surface area contributed by atoms with Crippen LogP contribution in [0, 0.1) is 0 Å². The van der Waals surface area contributed by atoms with Crippen LogP contribution in [-0.4, -0.2) is 4.98 Å². The normalized spacial score (nSPS) is 10.1. The van der Waals surface area contributed by atoms with Gasteiger partial charge in [-0.15, -0.1) is 0 Å². The number of aryl methyl sites for hydroxylation is 1. The van der Waals surface area contributed by atoms with Crippen LogP contribution >= 0.6 is 0 Å². The van der Waals surface area contributed by atoms with E-state index in [0.717, 1.165) is 6.42 Å². The smallest absolute Gasteiger partial charge is 0.0409 e. The van der Waals surface area contributed by atoms with E-state index in [0.29, 0.717) is 0 Å². The van der Waals surface area contributed by atoms with E-state index in [1.54, 1.807) is 0 Å². The van der Waals surface area contributed by atoms with Crippen molar-refractivity contribution in [2.75, 3.05) is 0 Å². The van der Waals surface area contributed by atoms with Gasteiger partial charge in [0.05, 0.1) is 0 Å². The fraction of sp³-hybridized carbons (Fsp3) is 0.462. The Morgan fingerprint density at radius 3 is 2.93 bits per heavy atom. The van der Waals surface area contributed by atoms with E-state index in [9.17, 15) is 0 Å². The van der Waals surface area contributed by atoms with Crippen molar-refractivity contribution in [1.82, 2.24) is 4.98 Å². The van der Waals surface area contributed by atoms with Gasteiger partial charge in [0.2, 0.25) is 0 Å². The van der Waals surface area contributed by atoms with Gasteiger partial charge in [-0.05, 0) is 30.5 Å². The lowest BCUT2D eigenvalue weighted by molar-refractivity contribution is 0.660. The molecule has 0 bridgehead atoms. The average Bonchev–Trinajstić information content (AvgIpc) is 2.25. The van der Waals surface area contributed by atoms with Crippen LogP contribution in [0.4, 0.5) is 0 Å². The van der Waals surface area contributed by atoms with Crippen molar-refractivity contribution in [3.63, 3.8) is 0 Å². The minimum Gasteiger partial charge on any atom is -0.261 e. The SMILES string of the molecule is C=Cc1ccnc(CCCCCC)c1. The van der Waals surface area contributed by atoms with Gasteiger partial charge in [0.25, 0.3) is 0 Å². The average molecular weight is 189 g/mol. The molecular formula is C13H19N. The molecule has 0 saturated carbocycles. The van der Waals surface area contributed by atoms with Gasteiger partial charge in [-0.1, -0.05) is 38.8 Å². The Bertz CT molecular complexity index is 278. The zero-order valence-corrected chi connectivity index (χ0v) is 9.00. The van der Waals surface area contributed by atoms with Crippen LogP contribution < -0.4 is 0 Å². The monoisotopic (exact) mass is 189 g/mol. The molecule has 1 nitrogen and oxygen atoms in total. The van der Waals surface area contributed by atoms with Crippen LogP contribution in [0.1, 0.15) is 43.9 Å². The van der Waals surface area contributed by atoms with Gasteiger partial charge in [0.15, 0.2) is 0 Å². The lowest BCUT2D eigenvalue weighted by atomic mass is 10.1. The molecule has 0 fully saturated rings. The third-order valence-electron chi connectivity index (χ3n) is 2.36. The quantitative estimate of drug-likeness (QED) is 0.619. The molecular weight excluding hydrogens is 170 g/mol. The van der Waals surface area contributed by atoms with Gasteiger partial charge >= 0.3 is 0 Å². The van der Waals surface area contributed by atoms with Gasteiger partial charge in [-0.25, -0.2) is 0 Å². The second kappa shape index (κ2) is 6.36. The summed E-state index contributed by atoms with van der Waals surface area (Å²) in [5, 5.41) is 0. The van der Waals surface area contributed by atoms with Crippen LogP contribution in [0.5, 0.6) is 0 Å². The largest absolute Gasteiger partial charge is 0.261 e. The molecule has 1 aromatic rings. The Kier molecular flexibility index (Phi) is 4.98. The summed E-state index contributed by atoms with van der Waals surface area (Å²) in [5.41, 5.74) is 2.36. The Labute approximate surface area is 86.9 Å². The molecule has 14 heavy (non-hydrogen) atoms. The molecule has 0 spiro atoms. The van der Waals surface area contributed by atoms with E-state index >= 15 is 0 Å². The summed E-state index contributed by atoms with van der Waals surface area (Å²) in [6, 6.07) is 4.11. The molecule has 0 aliphatic heterocycles. The van der Waals surface area contributed by atoms with E-state index in [2.05, 4.69) is 24.6 Å². The Morgan fingerprint density at radius 1 is 1.36 bits per heavy atom. The van der Waals surface area contributed by atoms with Crippen molar-refractivity contribution in [3.05, 3.63) is 36.2 Å². The molecule has 1 heteroatoms. The van der Waals surface area contributed by atoms with E-state index < -0.39 is 0 Å². The first-order valence-corrected chi connectivity index (χ1v) is 5.44. The maximum absolute atomic E-state index is 4.34. The maximum Gasteiger partial charge on any atom is 0.0409 e. The zero-order valence-electron chi connectivity index (χ0n) is 9.00. The highest BCUT2D eigenvalue weighted by atomic mass is 14.7. The first kappa shape index (κ1) is 11.0. The summed E-state index contributed by atoms with van der Waals surface area (Å²) >= 11 is 0. The van der Waals surface area contributed by atoms with Crippen LogP contribution in [0.15, 0.2) is 24.9 Å². The fourth-order valence-electron chi connectivity index (χ4n) is 1.49. The number of rotatable bonds is 6. The van der Waals surface area contributed by atoms with Crippen LogP contribution in [-0.2, 0) is 6.42 Å². The lowest BCUT2D eigenvalue weighted by Crippen LogP contribution is -1.90. The van der Waals surface area contributed by atoms with Crippen molar-refractivity contribution in [3.8, 4) is 0 Å². The van der Waals surface area contributed by atoms with Crippen LogP contribution in [0.2, 0.25) is 0 Å². The first-order valence-electron chi connectivity index (χ1n) is 5.44. The zero-order chi connectivity index (χ0) is 10.2. The number of nitrogens with zero attached hydrogens (tertiary/aromatic N) is 1. The second-order valence-corrected chi connectivity index (χ2v) is 3.60. The number of aromatic nitrogens is 1. The Morgan fingerprint density at radius 2 is 2.21 bits per heavy atom. The fourth-order valence-corrected chi connectivity index (χ4v) is 1.49. The second-order valence-electron chi connectivity index (χ2n) is 3.60. The molecule has 1 rings (SSSR count). The lowest BCUT2D eigenvalue weighted by Gasteiger charge is -2.01. The van der Waals surface area contributed by atoms with Crippen molar-refractivity contribution in [2.45, 2.75) is 39.0 Å². The van der Waals surface area contributed by atoms with Gasteiger partial charge in [0.1, 0.15) is 0 Å². The third-order valence-corrected chi connectivity index (χ3v) is 2.36. The molecule has 0 atom stereocenters. The van der Waals surface area contributed by atoms with Crippen molar-refractivity contribution in [1.29, 1.82) is 0 Å². The molecule has 0 unspecified atom stereocenters. The Hall–Kier alpha value is -1.11. The molecule has 0 aliphatic rings. The van der Waals surface area contributed by atoms with Crippen molar-refractivity contribution < 1.29 is 0 Å². The highest BCUT2D eigenvalue weighted by Gasteiger charge is 1.95. The van der Waals surface area contributed by atoms with Gasteiger partial charge in [-0.3, -0.25) is 4.98 Å².